The lowest BCUT2D eigenvalue weighted by molar-refractivity contribution is -0.121. The summed E-state index contributed by atoms with van der Waals surface area (Å²) in [5.41, 5.74) is 5.91. The highest BCUT2D eigenvalue weighted by molar-refractivity contribution is 5.99. The SMILES string of the molecule is CCOC(=O)c1ccc(NC(=O)C2CC(=O)NN2)cc1. The number of benzene rings is 1. The van der Waals surface area contributed by atoms with Gasteiger partial charge in [0.1, 0.15) is 6.04 Å². The van der Waals surface area contributed by atoms with Crippen LogP contribution in [0.4, 0.5) is 5.69 Å². The van der Waals surface area contributed by atoms with Crippen LogP contribution < -0.4 is 16.2 Å². The van der Waals surface area contributed by atoms with Gasteiger partial charge in [-0.05, 0) is 31.2 Å². The quantitative estimate of drug-likeness (QED) is 0.683. The summed E-state index contributed by atoms with van der Waals surface area (Å²) in [6.45, 7) is 2.04. The van der Waals surface area contributed by atoms with Crippen molar-refractivity contribution >= 4 is 23.5 Å². The van der Waals surface area contributed by atoms with Crippen molar-refractivity contribution in [3.05, 3.63) is 29.8 Å². The van der Waals surface area contributed by atoms with Gasteiger partial charge in [-0.1, -0.05) is 0 Å². The van der Waals surface area contributed by atoms with Gasteiger partial charge in [0, 0.05) is 5.69 Å². The highest BCUT2D eigenvalue weighted by atomic mass is 16.5. The lowest BCUT2D eigenvalue weighted by atomic mass is 10.2. The smallest absolute Gasteiger partial charge is 0.338 e. The van der Waals surface area contributed by atoms with Crippen LogP contribution in [0.5, 0.6) is 0 Å². The molecule has 0 bridgehead atoms. The minimum Gasteiger partial charge on any atom is -0.462 e. The maximum Gasteiger partial charge on any atom is 0.338 e. The highest BCUT2D eigenvalue weighted by Gasteiger charge is 2.27. The van der Waals surface area contributed by atoms with Crippen molar-refractivity contribution in [3.8, 4) is 0 Å². The highest BCUT2D eigenvalue weighted by Crippen LogP contribution is 2.12. The average molecular weight is 277 g/mol. The van der Waals surface area contributed by atoms with Crippen LogP contribution in [0.2, 0.25) is 0 Å². The zero-order chi connectivity index (χ0) is 14.5. The minimum atomic E-state index is -0.591. The summed E-state index contributed by atoms with van der Waals surface area (Å²) in [5, 5.41) is 2.66. The lowest BCUT2D eigenvalue weighted by Crippen LogP contribution is -2.39. The van der Waals surface area contributed by atoms with Gasteiger partial charge in [-0.3, -0.25) is 15.0 Å². The Morgan fingerprint density at radius 2 is 2.05 bits per heavy atom. The molecular formula is C13H15N3O4. The first-order valence-electron chi connectivity index (χ1n) is 6.22. The van der Waals surface area contributed by atoms with E-state index in [4.69, 9.17) is 4.74 Å². The molecule has 1 aliphatic rings. The zero-order valence-electron chi connectivity index (χ0n) is 10.9. The predicted octanol–water partition coefficient (Wildman–Crippen LogP) is 0.195. The number of hydrogen-bond acceptors (Lipinski definition) is 5. The molecule has 3 N–H and O–H groups in total. The molecule has 1 saturated heterocycles. The standard InChI is InChI=1S/C13H15N3O4/c1-2-20-13(19)8-3-5-9(6-4-8)14-12(18)10-7-11(17)16-15-10/h3-6,10,15H,2,7H2,1H3,(H,14,18)(H,16,17). The normalized spacial score (nSPS) is 17.4. The first-order valence-corrected chi connectivity index (χ1v) is 6.22. The van der Waals surface area contributed by atoms with Crippen LogP contribution in [-0.2, 0) is 14.3 Å². The van der Waals surface area contributed by atoms with Crippen molar-refractivity contribution in [2.24, 2.45) is 0 Å². The maximum absolute atomic E-state index is 11.8. The van der Waals surface area contributed by atoms with E-state index in [0.29, 0.717) is 17.9 Å². The van der Waals surface area contributed by atoms with E-state index in [1.807, 2.05) is 0 Å². The first kappa shape index (κ1) is 14.0. The Bertz CT molecular complexity index is 527. The number of amides is 2. The summed E-state index contributed by atoms with van der Waals surface area (Å²) in [7, 11) is 0. The number of hydrogen-bond donors (Lipinski definition) is 3. The Labute approximate surface area is 115 Å². The van der Waals surface area contributed by atoms with Gasteiger partial charge >= 0.3 is 5.97 Å². The molecule has 1 aromatic carbocycles. The van der Waals surface area contributed by atoms with E-state index in [2.05, 4.69) is 16.2 Å². The molecule has 0 radical (unpaired) electrons. The first-order chi connectivity index (χ1) is 9.60. The summed E-state index contributed by atoms with van der Waals surface area (Å²) in [4.78, 5) is 34.3. The molecular weight excluding hydrogens is 262 g/mol. The van der Waals surface area contributed by atoms with E-state index in [1.165, 1.54) is 0 Å². The summed E-state index contributed by atoms with van der Waals surface area (Å²) < 4.78 is 4.86. The third kappa shape index (κ3) is 3.33. The maximum atomic E-state index is 11.8. The molecule has 7 nitrogen and oxygen atoms in total. The topological polar surface area (TPSA) is 96.5 Å². The van der Waals surface area contributed by atoms with Crippen LogP contribution in [0.25, 0.3) is 0 Å². The predicted molar refractivity (Wildman–Crippen MR) is 70.7 cm³/mol. The number of rotatable bonds is 4. The van der Waals surface area contributed by atoms with Crippen LogP contribution >= 0.6 is 0 Å². The molecule has 2 rings (SSSR count). The fourth-order valence-electron chi connectivity index (χ4n) is 1.75. The Morgan fingerprint density at radius 3 is 2.60 bits per heavy atom. The average Bonchev–Trinajstić information content (AvgIpc) is 2.86. The molecule has 0 spiro atoms. The Hall–Kier alpha value is -2.41. The van der Waals surface area contributed by atoms with Gasteiger partial charge in [-0.2, -0.15) is 0 Å². The Kier molecular flexibility index (Phi) is 4.31. The lowest BCUT2D eigenvalue weighted by Gasteiger charge is -2.10. The number of anilines is 1. The van der Waals surface area contributed by atoms with Gasteiger partial charge in [0.2, 0.25) is 11.8 Å². The fraction of sp³-hybridized carbons (Fsp3) is 0.308. The molecule has 1 aromatic rings. The van der Waals surface area contributed by atoms with Gasteiger partial charge in [0.15, 0.2) is 0 Å². The molecule has 1 heterocycles. The van der Waals surface area contributed by atoms with Crippen LogP contribution in [-0.4, -0.2) is 30.4 Å². The molecule has 2 amide bonds. The molecule has 106 valence electrons. The third-order valence-electron chi connectivity index (χ3n) is 2.76. The van der Waals surface area contributed by atoms with Crippen molar-refractivity contribution in [2.45, 2.75) is 19.4 Å². The third-order valence-corrected chi connectivity index (χ3v) is 2.76. The summed E-state index contributed by atoms with van der Waals surface area (Å²) >= 11 is 0. The number of carbonyl (C=O) groups excluding carboxylic acids is 3. The van der Waals surface area contributed by atoms with E-state index in [1.54, 1.807) is 31.2 Å². The van der Waals surface area contributed by atoms with Gasteiger partial charge in [0.05, 0.1) is 18.6 Å². The van der Waals surface area contributed by atoms with Crippen LogP contribution in [0.1, 0.15) is 23.7 Å². The molecule has 7 heteroatoms. The van der Waals surface area contributed by atoms with Crippen molar-refractivity contribution in [3.63, 3.8) is 0 Å². The monoisotopic (exact) mass is 277 g/mol. The molecule has 1 unspecified atom stereocenters. The van der Waals surface area contributed by atoms with E-state index in [-0.39, 0.29) is 18.2 Å². The molecule has 0 saturated carbocycles. The Balaban J connectivity index is 1.95. The minimum absolute atomic E-state index is 0.104. The van der Waals surface area contributed by atoms with E-state index in [9.17, 15) is 14.4 Å². The number of esters is 1. The number of ether oxygens (including phenoxy) is 1. The molecule has 20 heavy (non-hydrogen) atoms. The van der Waals surface area contributed by atoms with E-state index in [0.717, 1.165) is 0 Å². The number of hydrazine groups is 1. The van der Waals surface area contributed by atoms with Gasteiger partial charge < -0.3 is 10.1 Å². The molecule has 0 aromatic heterocycles. The molecule has 1 fully saturated rings. The second-order valence-electron chi connectivity index (χ2n) is 4.24. The largest absolute Gasteiger partial charge is 0.462 e. The fourth-order valence-corrected chi connectivity index (χ4v) is 1.75. The second kappa shape index (κ2) is 6.16. The van der Waals surface area contributed by atoms with Crippen molar-refractivity contribution < 1.29 is 19.1 Å². The molecule has 0 aliphatic carbocycles. The van der Waals surface area contributed by atoms with Gasteiger partial charge in [-0.15, -0.1) is 0 Å². The summed E-state index contributed by atoms with van der Waals surface area (Å²) in [5.74, 6) is -0.937. The number of nitrogens with one attached hydrogen (secondary N) is 3. The zero-order valence-corrected chi connectivity index (χ0v) is 10.9. The summed E-state index contributed by atoms with van der Waals surface area (Å²) in [6.07, 6.45) is 0.104. The second-order valence-corrected chi connectivity index (χ2v) is 4.24. The van der Waals surface area contributed by atoms with Gasteiger partial charge in [0.25, 0.3) is 0 Å². The molecule has 1 atom stereocenters. The van der Waals surface area contributed by atoms with Crippen LogP contribution in [0.15, 0.2) is 24.3 Å². The van der Waals surface area contributed by atoms with Crippen molar-refractivity contribution in [1.29, 1.82) is 0 Å². The number of carbonyl (C=O) groups is 3. The van der Waals surface area contributed by atoms with Crippen molar-refractivity contribution in [1.82, 2.24) is 10.9 Å². The Morgan fingerprint density at radius 1 is 1.35 bits per heavy atom. The van der Waals surface area contributed by atoms with Crippen molar-refractivity contribution in [2.75, 3.05) is 11.9 Å². The van der Waals surface area contributed by atoms with Gasteiger partial charge in [-0.25, -0.2) is 10.2 Å². The van der Waals surface area contributed by atoms with E-state index < -0.39 is 12.0 Å². The van der Waals surface area contributed by atoms with E-state index >= 15 is 0 Å². The van der Waals surface area contributed by atoms with Crippen LogP contribution in [0.3, 0.4) is 0 Å². The summed E-state index contributed by atoms with van der Waals surface area (Å²) in [6, 6.07) is 5.76. The molecule has 1 aliphatic heterocycles. The van der Waals surface area contributed by atoms with Crippen LogP contribution in [0, 0.1) is 0 Å².